The molecule has 1 amide bonds. The lowest BCUT2D eigenvalue weighted by atomic mass is 9.84. The second-order valence-electron chi connectivity index (χ2n) is 5.79. The molecule has 0 bridgehead atoms. The van der Waals surface area contributed by atoms with Gasteiger partial charge in [0.25, 0.3) is 5.91 Å². The van der Waals surface area contributed by atoms with Gasteiger partial charge in [-0.15, -0.1) is 0 Å². The number of hydrogen-bond donors (Lipinski definition) is 3. The average molecular weight is 313 g/mol. The third kappa shape index (κ3) is 6.04. The number of carboxylic acid groups (broad SMARTS) is 1. The number of hydrogen-bond acceptors (Lipinski definition) is 3. The van der Waals surface area contributed by atoms with Crippen LogP contribution in [0.3, 0.4) is 0 Å². The van der Waals surface area contributed by atoms with E-state index in [0.29, 0.717) is 29.2 Å². The molecule has 0 radical (unpaired) electrons. The van der Waals surface area contributed by atoms with Gasteiger partial charge in [-0.05, 0) is 36.5 Å². The van der Waals surface area contributed by atoms with Gasteiger partial charge in [0, 0.05) is 23.7 Å². The second kappa shape index (κ2) is 7.31. The maximum atomic E-state index is 11.3. The van der Waals surface area contributed by atoms with Gasteiger partial charge in [-0.3, -0.25) is 9.59 Å². The van der Waals surface area contributed by atoms with Crippen molar-refractivity contribution in [3.05, 3.63) is 28.8 Å². The fourth-order valence-corrected chi connectivity index (χ4v) is 2.16. The third-order valence-electron chi connectivity index (χ3n) is 3.38. The van der Waals surface area contributed by atoms with Gasteiger partial charge in [-0.25, -0.2) is 0 Å². The largest absolute Gasteiger partial charge is 0.481 e. The SMILES string of the molecule is CC(C)(CCNc1cc(Cl)ccc1C(N)=O)CCC(=O)O. The van der Waals surface area contributed by atoms with Crippen molar-refractivity contribution in [1.29, 1.82) is 0 Å². The lowest BCUT2D eigenvalue weighted by molar-refractivity contribution is -0.137. The fourth-order valence-electron chi connectivity index (χ4n) is 1.98. The van der Waals surface area contributed by atoms with Gasteiger partial charge < -0.3 is 16.2 Å². The van der Waals surface area contributed by atoms with Gasteiger partial charge in [0.05, 0.1) is 5.56 Å². The zero-order chi connectivity index (χ0) is 16.0. The summed E-state index contributed by atoms with van der Waals surface area (Å²) in [6.45, 7) is 4.64. The number of halogens is 1. The minimum atomic E-state index is -0.790. The Hall–Kier alpha value is -1.75. The number of benzene rings is 1. The molecule has 0 unspecified atom stereocenters. The zero-order valence-corrected chi connectivity index (χ0v) is 13.0. The standard InChI is InChI=1S/C15H21ClN2O3/c1-15(2,6-5-13(19)20)7-8-18-12-9-10(16)3-4-11(12)14(17)21/h3-4,9,18H,5-8H2,1-2H3,(H2,17,21)(H,19,20). The Morgan fingerprint density at radius 3 is 2.57 bits per heavy atom. The van der Waals surface area contributed by atoms with Crippen LogP contribution in [0.15, 0.2) is 18.2 Å². The second-order valence-corrected chi connectivity index (χ2v) is 6.23. The van der Waals surface area contributed by atoms with E-state index in [0.717, 1.165) is 6.42 Å². The van der Waals surface area contributed by atoms with Crippen LogP contribution in [-0.4, -0.2) is 23.5 Å². The van der Waals surface area contributed by atoms with Crippen molar-refractivity contribution >= 4 is 29.2 Å². The number of anilines is 1. The highest BCUT2D eigenvalue weighted by molar-refractivity contribution is 6.31. The topological polar surface area (TPSA) is 92.4 Å². The predicted molar refractivity (Wildman–Crippen MR) is 83.7 cm³/mol. The molecule has 116 valence electrons. The van der Waals surface area contributed by atoms with Gasteiger partial charge in [-0.1, -0.05) is 25.4 Å². The molecular formula is C15H21ClN2O3. The van der Waals surface area contributed by atoms with Crippen LogP contribution >= 0.6 is 11.6 Å². The molecular weight excluding hydrogens is 292 g/mol. The van der Waals surface area contributed by atoms with Gasteiger partial charge in [-0.2, -0.15) is 0 Å². The summed E-state index contributed by atoms with van der Waals surface area (Å²) >= 11 is 5.92. The molecule has 0 atom stereocenters. The van der Waals surface area contributed by atoms with Gasteiger partial charge in [0.1, 0.15) is 0 Å². The van der Waals surface area contributed by atoms with Crippen LogP contribution in [0.25, 0.3) is 0 Å². The lowest BCUT2D eigenvalue weighted by Gasteiger charge is -2.24. The normalized spacial score (nSPS) is 11.2. The highest BCUT2D eigenvalue weighted by Crippen LogP contribution is 2.27. The summed E-state index contributed by atoms with van der Waals surface area (Å²) in [6.07, 6.45) is 1.52. The molecule has 0 aromatic heterocycles. The summed E-state index contributed by atoms with van der Waals surface area (Å²) in [7, 11) is 0. The first-order valence-corrected chi connectivity index (χ1v) is 7.14. The quantitative estimate of drug-likeness (QED) is 0.687. The number of nitrogens with two attached hydrogens (primary N) is 1. The van der Waals surface area contributed by atoms with E-state index in [1.54, 1.807) is 18.2 Å². The van der Waals surface area contributed by atoms with E-state index in [1.807, 2.05) is 13.8 Å². The molecule has 0 saturated heterocycles. The number of carboxylic acids is 1. The highest BCUT2D eigenvalue weighted by Gasteiger charge is 2.19. The van der Waals surface area contributed by atoms with Crippen LogP contribution in [0.2, 0.25) is 5.02 Å². The van der Waals surface area contributed by atoms with Gasteiger partial charge >= 0.3 is 5.97 Å². The molecule has 0 aliphatic rings. The van der Waals surface area contributed by atoms with Crippen molar-refractivity contribution in [3.63, 3.8) is 0 Å². The first-order chi connectivity index (χ1) is 9.71. The van der Waals surface area contributed by atoms with Crippen LogP contribution in [0.1, 0.15) is 43.5 Å². The van der Waals surface area contributed by atoms with E-state index in [2.05, 4.69) is 5.32 Å². The van der Waals surface area contributed by atoms with Crippen molar-refractivity contribution in [1.82, 2.24) is 0 Å². The molecule has 0 aliphatic heterocycles. The number of carbonyl (C=O) groups excluding carboxylic acids is 1. The molecule has 0 fully saturated rings. The Bertz CT molecular complexity index is 530. The molecule has 0 saturated carbocycles. The first kappa shape index (κ1) is 17.3. The zero-order valence-electron chi connectivity index (χ0n) is 12.3. The van der Waals surface area contributed by atoms with E-state index in [1.165, 1.54) is 0 Å². The molecule has 1 aromatic rings. The van der Waals surface area contributed by atoms with E-state index in [4.69, 9.17) is 22.4 Å². The van der Waals surface area contributed by atoms with E-state index < -0.39 is 11.9 Å². The van der Waals surface area contributed by atoms with Crippen LogP contribution in [0, 0.1) is 5.41 Å². The number of carbonyl (C=O) groups is 2. The Kier molecular flexibility index (Phi) is 6.03. The third-order valence-corrected chi connectivity index (χ3v) is 3.62. The van der Waals surface area contributed by atoms with Crippen molar-refractivity contribution in [3.8, 4) is 0 Å². The molecule has 1 aromatic carbocycles. The summed E-state index contributed by atoms with van der Waals surface area (Å²) in [5, 5.41) is 12.4. The van der Waals surface area contributed by atoms with E-state index in [-0.39, 0.29) is 11.8 Å². The molecule has 4 N–H and O–H groups in total. The van der Waals surface area contributed by atoms with Crippen molar-refractivity contribution in [2.75, 3.05) is 11.9 Å². The van der Waals surface area contributed by atoms with Crippen LogP contribution in [-0.2, 0) is 4.79 Å². The predicted octanol–water partition coefficient (Wildman–Crippen LogP) is 3.13. The Balaban J connectivity index is 2.61. The molecule has 0 heterocycles. The maximum absolute atomic E-state index is 11.3. The molecule has 5 nitrogen and oxygen atoms in total. The Morgan fingerprint density at radius 2 is 2.00 bits per heavy atom. The fraction of sp³-hybridized carbons (Fsp3) is 0.467. The summed E-state index contributed by atoms with van der Waals surface area (Å²) in [6, 6.07) is 4.86. The smallest absolute Gasteiger partial charge is 0.303 e. The molecule has 21 heavy (non-hydrogen) atoms. The van der Waals surface area contributed by atoms with Crippen LogP contribution in [0.5, 0.6) is 0 Å². The first-order valence-electron chi connectivity index (χ1n) is 6.76. The van der Waals surface area contributed by atoms with Crippen molar-refractivity contribution in [2.45, 2.75) is 33.1 Å². The highest BCUT2D eigenvalue weighted by atomic mass is 35.5. The Morgan fingerprint density at radius 1 is 1.33 bits per heavy atom. The summed E-state index contributed by atoms with van der Waals surface area (Å²) in [4.78, 5) is 22.0. The minimum absolute atomic E-state index is 0.100. The number of nitrogens with one attached hydrogen (secondary N) is 1. The number of rotatable bonds is 8. The molecule has 6 heteroatoms. The minimum Gasteiger partial charge on any atom is -0.481 e. The summed E-state index contributed by atoms with van der Waals surface area (Å²) in [5.74, 6) is -1.30. The Labute approximate surface area is 129 Å². The average Bonchev–Trinajstić information content (AvgIpc) is 2.36. The van der Waals surface area contributed by atoms with Gasteiger partial charge in [0.15, 0.2) is 0 Å². The van der Waals surface area contributed by atoms with E-state index in [9.17, 15) is 9.59 Å². The maximum Gasteiger partial charge on any atom is 0.303 e. The number of aliphatic carboxylic acids is 1. The van der Waals surface area contributed by atoms with Crippen LogP contribution < -0.4 is 11.1 Å². The molecule has 0 spiro atoms. The molecule has 1 rings (SSSR count). The number of amides is 1. The van der Waals surface area contributed by atoms with E-state index >= 15 is 0 Å². The van der Waals surface area contributed by atoms with Crippen LogP contribution in [0.4, 0.5) is 5.69 Å². The number of primary amides is 1. The monoisotopic (exact) mass is 312 g/mol. The summed E-state index contributed by atoms with van der Waals surface area (Å²) in [5.41, 5.74) is 6.21. The molecule has 0 aliphatic carbocycles. The lowest BCUT2D eigenvalue weighted by Crippen LogP contribution is -2.20. The van der Waals surface area contributed by atoms with Crippen molar-refractivity contribution in [2.24, 2.45) is 11.1 Å². The summed E-state index contributed by atoms with van der Waals surface area (Å²) < 4.78 is 0. The van der Waals surface area contributed by atoms with Gasteiger partial charge in [0.2, 0.25) is 0 Å². The van der Waals surface area contributed by atoms with Crippen molar-refractivity contribution < 1.29 is 14.7 Å².